The van der Waals surface area contributed by atoms with E-state index in [0.29, 0.717) is 5.89 Å². The molecule has 0 saturated heterocycles. The third-order valence-electron chi connectivity index (χ3n) is 1.42. The Morgan fingerprint density at radius 2 is 2.27 bits per heavy atom. The van der Waals surface area contributed by atoms with Gasteiger partial charge in [0.15, 0.2) is 5.82 Å². The van der Waals surface area contributed by atoms with E-state index in [1.807, 2.05) is 0 Å². The minimum atomic E-state index is -0.579. The molecule has 2 N–H and O–H groups in total. The van der Waals surface area contributed by atoms with Crippen LogP contribution in [-0.4, -0.2) is 20.2 Å². The lowest BCUT2D eigenvalue weighted by atomic mass is 10.6. The van der Waals surface area contributed by atoms with E-state index in [0.717, 1.165) is 18.0 Å². The zero-order valence-corrected chi connectivity index (χ0v) is 8.45. The quantitative estimate of drug-likeness (QED) is 0.766. The summed E-state index contributed by atoms with van der Waals surface area (Å²) >= 11 is 0.903. The third kappa shape index (κ3) is 2.21. The van der Waals surface area contributed by atoms with Crippen LogP contribution in [-0.2, 0) is 0 Å². The topological polar surface area (TPSA) is 90.7 Å². The molecule has 2 aromatic rings. The predicted molar refractivity (Wildman–Crippen MR) is 49.6 cm³/mol. The Morgan fingerprint density at radius 1 is 1.47 bits per heavy atom. The molecule has 0 spiro atoms. The average molecular weight is 227 g/mol. The molecule has 0 fully saturated rings. The monoisotopic (exact) mass is 227 g/mol. The van der Waals surface area contributed by atoms with E-state index >= 15 is 0 Å². The standard InChI is InChI=1S/C7H6FN5OS/c1-3-12-13-7(14-3)15-5-4(8)2-10-6(9)11-5/h2H,1H3,(H2,9,10,11). The predicted octanol–water partition coefficient (Wildman–Crippen LogP) is 1.04. The molecular formula is C7H6FN5OS. The summed E-state index contributed by atoms with van der Waals surface area (Å²) in [4.78, 5) is 7.20. The van der Waals surface area contributed by atoms with E-state index in [1.54, 1.807) is 6.92 Å². The molecular weight excluding hydrogens is 221 g/mol. The van der Waals surface area contributed by atoms with Gasteiger partial charge in [0.05, 0.1) is 6.20 Å². The maximum atomic E-state index is 13.2. The van der Waals surface area contributed by atoms with Crippen LogP contribution in [0.5, 0.6) is 0 Å². The van der Waals surface area contributed by atoms with Crippen molar-refractivity contribution in [3.63, 3.8) is 0 Å². The molecule has 15 heavy (non-hydrogen) atoms. The first-order valence-electron chi connectivity index (χ1n) is 3.91. The van der Waals surface area contributed by atoms with Gasteiger partial charge in [-0.2, -0.15) is 0 Å². The first-order valence-corrected chi connectivity index (χ1v) is 4.73. The molecule has 78 valence electrons. The van der Waals surface area contributed by atoms with E-state index in [9.17, 15) is 4.39 Å². The molecule has 8 heteroatoms. The van der Waals surface area contributed by atoms with Crippen LogP contribution in [0.2, 0.25) is 0 Å². The third-order valence-corrected chi connectivity index (χ3v) is 2.24. The van der Waals surface area contributed by atoms with Crippen molar-refractivity contribution in [2.45, 2.75) is 17.2 Å². The first-order chi connectivity index (χ1) is 7.15. The van der Waals surface area contributed by atoms with Gasteiger partial charge >= 0.3 is 0 Å². The second-order valence-electron chi connectivity index (χ2n) is 2.57. The van der Waals surface area contributed by atoms with E-state index in [2.05, 4.69) is 20.2 Å². The molecule has 0 unspecified atom stereocenters. The normalized spacial score (nSPS) is 10.5. The summed E-state index contributed by atoms with van der Waals surface area (Å²) in [6.07, 6.45) is 0.994. The van der Waals surface area contributed by atoms with Gasteiger partial charge in [-0.3, -0.25) is 0 Å². The minimum absolute atomic E-state index is 0.00450. The lowest BCUT2D eigenvalue weighted by Gasteiger charge is -1.97. The Balaban J connectivity index is 2.27. The highest BCUT2D eigenvalue weighted by Gasteiger charge is 2.11. The van der Waals surface area contributed by atoms with Gasteiger partial charge in [0, 0.05) is 6.92 Å². The van der Waals surface area contributed by atoms with Gasteiger partial charge < -0.3 is 10.2 Å². The van der Waals surface area contributed by atoms with Crippen molar-refractivity contribution in [1.29, 1.82) is 0 Å². The van der Waals surface area contributed by atoms with E-state index < -0.39 is 5.82 Å². The highest BCUT2D eigenvalue weighted by molar-refractivity contribution is 7.99. The van der Waals surface area contributed by atoms with Crippen molar-refractivity contribution >= 4 is 17.7 Å². The van der Waals surface area contributed by atoms with E-state index in [-0.39, 0.29) is 16.2 Å². The van der Waals surface area contributed by atoms with Gasteiger partial charge in [0.1, 0.15) is 5.03 Å². The van der Waals surface area contributed by atoms with Gasteiger partial charge in [-0.25, -0.2) is 14.4 Å². The number of halogens is 1. The Labute approximate surface area is 88.1 Å². The number of rotatable bonds is 2. The molecule has 0 radical (unpaired) electrons. The number of nitrogens with zero attached hydrogens (tertiary/aromatic N) is 4. The summed E-state index contributed by atoms with van der Waals surface area (Å²) in [7, 11) is 0. The van der Waals surface area contributed by atoms with Crippen LogP contribution in [0, 0.1) is 12.7 Å². The van der Waals surface area contributed by atoms with Crippen molar-refractivity contribution in [2.75, 3.05) is 5.73 Å². The Bertz CT molecular complexity index is 488. The fourth-order valence-corrected chi connectivity index (χ4v) is 1.54. The smallest absolute Gasteiger partial charge is 0.283 e. The molecule has 2 heterocycles. The van der Waals surface area contributed by atoms with Crippen LogP contribution in [0.25, 0.3) is 0 Å². The Hall–Kier alpha value is -1.70. The number of anilines is 1. The molecule has 2 aromatic heterocycles. The first kappa shape index (κ1) is 9.84. The van der Waals surface area contributed by atoms with Gasteiger partial charge in [-0.15, -0.1) is 10.2 Å². The number of nitrogen functional groups attached to an aromatic ring is 1. The second-order valence-corrected chi connectivity index (χ2v) is 3.51. The lowest BCUT2D eigenvalue weighted by molar-refractivity contribution is 0.428. The molecule has 0 saturated carbocycles. The molecule has 0 amide bonds. The molecule has 0 aliphatic carbocycles. The summed E-state index contributed by atoms with van der Waals surface area (Å²) in [5, 5.41) is 7.56. The number of aryl methyl sites for hydroxylation is 1. The summed E-state index contributed by atoms with van der Waals surface area (Å²) < 4.78 is 18.2. The maximum absolute atomic E-state index is 13.2. The summed E-state index contributed by atoms with van der Waals surface area (Å²) in [6, 6.07) is 0. The van der Waals surface area contributed by atoms with Crippen LogP contribution in [0.15, 0.2) is 20.9 Å². The molecule has 2 rings (SSSR count). The van der Waals surface area contributed by atoms with Gasteiger partial charge in [0.2, 0.25) is 11.8 Å². The molecule has 0 bridgehead atoms. The van der Waals surface area contributed by atoms with Gasteiger partial charge in [0.25, 0.3) is 5.22 Å². The molecule has 0 aromatic carbocycles. The molecule has 0 aliphatic heterocycles. The van der Waals surface area contributed by atoms with Crippen molar-refractivity contribution < 1.29 is 8.81 Å². The second kappa shape index (κ2) is 3.81. The molecule has 0 aliphatic rings. The summed E-state index contributed by atoms with van der Waals surface area (Å²) in [6.45, 7) is 1.64. The van der Waals surface area contributed by atoms with E-state index in [4.69, 9.17) is 10.2 Å². The highest BCUT2D eigenvalue weighted by atomic mass is 32.2. The number of hydrogen-bond acceptors (Lipinski definition) is 7. The average Bonchev–Trinajstić information content (AvgIpc) is 2.58. The Kier molecular flexibility index (Phi) is 2.50. The van der Waals surface area contributed by atoms with Gasteiger partial charge in [-0.1, -0.05) is 0 Å². The van der Waals surface area contributed by atoms with Crippen LogP contribution < -0.4 is 5.73 Å². The van der Waals surface area contributed by atoms with Crippen LogP contribution in [0.4, 0.5) is 10.3 Å². The number of hydrogen-bond donors (Lipinski definition) is 1. The zero-order valence-electron chi connectivity index (χ0n) is 7.64. The van der Waals surface area contributed by atoms with Crippen LogP contribution in [0.1, 0.15) is 5.89 Å². The fourth-order valence-electron chi connectivity index (χ4n) is 0.838. The summed E-state index contributed by atoms with van der Waals surface area (Å²) in [5.74, 6) is -0.180. The fraction of sp³-hybridized carbons (Fsp3) is 0.143. The van der Waals surface area contributed by atoms with Crippen molar-refractivity contribution in [3.8, 4) is 0 Å². The van der Waals surface area contributed by atoms with Crippen molar-refractivity contribution in [1.82, 2.24) is 20.2 Å². The van der Waals surface area contributed by atoms with Gasteiger partial charge in [-0.05, 0) is 11.8 Å². The number of aromatic nitrogens is 4. The SMILES string of the molecule is Cc1nnc(Sc2nc(N)ncc2F)o1. The minimum Gasteiger partial charge on any atom is -0.416 e. The highest BCUT2D eigenvalue weighted by Crippen LogP contribution is 2.26. The van der Waals surface area contributed by atoms with Crippen molar-refractivity contribution in [2.24, 2.45) is 0 Å². The maximum Gasteiger partial charge on any atom is 0.283 e. The lowest BCUT2D eigenvalue weighted by Crippen LogP contribution is -1.97. The zero-order chi connectivity index (χ0) is 10.8. The number of nitrogens with two attached hydrogens (primary N) is 1. The van der Waals surface area contributed by atoms with Crippen LogP contribution >= 0.6 is 11.8 Å². The summed E-state index contributed by atoms with van der Waals surface area (Å²) in [5.41, 5.74) is 5.32. The largest absolute Gasteiger partial charge is 0.416 e. The Morgan fingerprint density at radius 3 is 2.93 bits per heavy atom. The molecule has 0 atom stereocenters. The molecule has 6 nitrogen and oxygen atoms in total. The van der Waals surface area contributed by atoms with E-state index in [1.165, 1.54) is 0 Å². The van der Waals surface area contributed by atoms with Crippen molar-refractivity contribution in [3.05, 3.63) is 17.9 Å². The van der Waals surface area contributed by atoms with Crippen LogP contribution in [0.3, 0.4) is 0 Å².